The van der Waals surface area contributed by atoms with Gasteiger partial charge in [-0.15, -0.1) is 0 Å². The molecule has 7 heteroatoms. The summed E-state index contributed by atoms with van der Waals surface area (Å²) in [7, 11) is 4.78. The van der Waals surface area contributed by atoms with Crippen LogP contribution in [0.15, 0.2) is 48.5 Å². The average Bonchev–Trinajstić information content (AvgIpc) is 3.13. The quantitative estimate of drug-likeness (QED) is 0.681. The maximum absolute atomic E-state index is 12.5. The van der Waals surface area contributed by atoms with Gasteiger partial charge in [-0.3, -0.25) is 4.79 Å². The first kappa shape index (κ1) is 19.3. The Morgan fingerprint density at radius 2 is 1.68 bits per heavy atom. The van der Waals surface area contributed by atoms with Crippen molar-refractivity contribution in [3.63, 3.8) is 0 Å². The topological polar surface area (TPSA) is 74.6 Å². The van der Waals surface area contributed by atoms with Gasteiger partial charge in [0.25, 0.3) is 5.91 Å². The van der Waals surface area contributed by atoms with E-state index >= 15 is 0 Å². The predicted octanol–water partition coefficient (Wildman–Crippen LogP) is 3.14. The number of aromatic nitrogens is 2. The zero-order valence-corrected chi connectivity index (χ0v) is 16.4. The second-order valence-corrected chi connectivity index (χ2v) is 6.15. The number of aryl methyl sites for hydroxylation is 1. The van der Waals surface area contributed by atoms with Crippen molar-refractivity contribution in [1.29, 1.82) is 0 Å². The molecule has 0 radical (unpaired) electrons. The Hall–Kier alpha value is -3.48. The van der Waals surface area contributed by atoms with Gasteiger partial charge in [0.15, 0.2) is 17.2 Å². The van der Waals surface area contributed by atoms with Crippen molar-refractivity contribution in [3.8, 4) is 22.9 Å². The van der Waals surface area contributed by atoms with Crippen molar-refractivity contribution in [3.05, 3.63) is 65.5 Å². The minimum Gasteiger partial charge on any atom is -0.497 e. The van der Waals surface area contributed by atoms with Crippen LogP contribution in [0.5, 0.6) is 17.2 Å². The lowest BCUT2D eigenvalue weighted by molar-refractivity contribution is 0.0945. The van der Waals surface area contributed by atoms with Crippen LogP contribution in [0.4, 0.5) is 0 Å². The molecule has 1 N–H and O–H groups in total. The van der Waals surface area contributed by atoms with E-state index in [1.54, 1.807) is 32.1 Å². The van der Waals surface area contributed by atoms with Gasteiger partial charge >= 0.3 is 0 Å². The van der Waals surface area contributed by atoms with Gasteiger partial charge in [-0.1, -0.05) is 6.07 Å². The number of nitrogens with one attached hydrogen (secondary N) is 1. The third-order valence-electron chi connectivity index (χ3n) is 4.34. The summed E-state index contributed by atoms with van der Waals surface area (Å²) >= 11 is 0. The number of carbonyl (C=O) groups excluding carboxylic acids is 1. The van der Waals surface area contributed by atoms with Crippen LogP contribution in [0.3, 0.4) is 0 Å². The fraction of sp³-hybridized carbons (Fsp3) is 0.238. The van der Waals surface area contributed by atoms with E-state index in [2.05, 4.69) is 10.4 Å². The van der Waals surface area contributed by atoms with E-state index in [4.69, 9.17) is 14.2 Å². The summed E-state index contributed by atoms with van der Waals surface area (Å²) in [5.74, 6) is 1.78. The highest BCUT2D eigenvalue weighted by Gasteiger charge is 2.14. The first-order chi connectivity index (χ1) is 13.5. The lowest BCUT2D eigenvalue weighted by atomic mass is 10.2. The maximum Gasteiger partial charge on any atom is 0.272 e. The molecule has 28 heavy (non-hydrogen) atoms. The van der Waals surface area contributed by atoms with Crippen LogP contribution in [-0.2, 0) is 6.54 Å². The van der Waals surface area contributed by atoms with E-state index in [-0.39, 0.29) is 5.91 Å². The monoisotopic (exact) mass is 381 g/mol. The molecule has 0 saturated carbocycles. The molecule has 7 nitrogen and oxygen atoms in total. The number of hydrogen-bond acceptors (Lipinski definition) is 5. The van der Waals surface area contributed by atoms with Crippen LogP contribution in [0.1, 0.15) is 21.7 Å². The van der Waals surface area contributed by atoms with Gasteiger partial charge in [0.1, 0.15) is 5.75 Å². The maximum atomic E-state index is 12.5. The molecule has 1 amide bonds. The molecular weight excluding hydrogens is 358 g/mol. The molecule has 0 fully saturated rings. The molecule has 146 valence electrons. The predicted molar refractivity (Wildman–Crippen MR) is 106 cm³/mol. The van der Waals surface area contributed by atoms with Crippen molar-refractivity contribution in [2.24, 2.45) is 0 Å². The van der Waals surface area contributed by atoms with E-state index in [9.17, 15) is 4.79 Å². The Balaban J connectivity index is 1.71. The first-order valence-electron chi connectivity index (χ1n) is 8.76. The first-order valence-corrected chi connectivity index (χ1v) is 8.76. The smallest absolute Gasteiger partial charge is 0.272 e. The van der Waals surface area contributed by atoms with Crippen LogP contribution in [0.25, 0.3) is 5.69 Å². The largest absolute Gasteiger partial charge is 0.497 e. The van der Waals surface area contributed by atoms with Gasteiger partial charge in [-0.25, -0.2) is 4.68 Å². The third-order valence-corrected chi connectivity index (χ3v) is 4.34. The molecule has 1 heterocycles. The highest BCUT2D eigenvalue weighted by molar-refractivity contribution is 5.92. The molecule has 0 atom stereocenters. The summed E-state index contributed by atoms with van der Waals surface area (Å²) in [5.41, 5.74) is 2.98. The van der Waals surface area contributed by atoms with Crippen molar-refractivity contribution in [2.45, 2.75) is 13.5 Å². The van der Waals surface area contributed by atoms with Crippen molar-refractivity contribution >= 4 is 5.91 Å². The number of nitrogens with zero attached hydrogens (tertiary/aromatic N) is 2. The minimum atomic E-state index is -0.245. The second kappa shape index (κ2) is 8.47. The molecule has 0 spiro atoms. The highest BCUT2D eigenvalue weighted by Crippen LogP contribution is 2.27. The van der Waals surface area contributed by atoms with Gasteiger partial charge in [-0.05, 0) is 55.0 Å². The van der Waals surface area contributed by atoms with Crippen LogP contribution in [0, 0.1) is 6.92 Å². The number of benzene rings is 2. The Morgan fingerprint density at radius 3 is 2.32 bits per heavy atom. The number of ether oxygens (including phenoxy) is 3. The Labute approximate surface area is 163 Å². The van der Waals surface area contributed by atoms with Crippen LogP contribution in [-0.4, -0.2) is 37.0 Å². The molecule has 2 aromatic carbocycles. The molecule has 3 aromatic rings. The van der Waals surface area contributed by atoms with Crippen molar-refractivity contribution < 1.29 is 19.0 Å². The Kier molecular flexibility index (Phi) is 5.84. The van der Waals surface area contributed by atoms with Gasteiger partial charge < -0.3 is 19.5 Å². The minimum absolute atomic E-state index is 0.245. The third kappa shape index (κ3) is 4.09. The standard InChI is InChI=1S/C21H23N3O4/c1-14-11-18(23-24(14)16-6-8-17(26-2)9-7-16)21(25)22-13-15-5-10-19(27-3)20(12-15)28-4/h5-12H,13H2,1-4H3,(H,22,25). The zero-order valence-electron chi connectivity index (χ0n) is 16.4. The van der Waals surface area contributed by atoms with Crippen LogP contribution in [0.2, 0.25) is 0 Å². The van der Waals surface area contributed by atoms with Gasteiger partial charge in [0, 0.05) is 12.2 Å². The Morgan fingerprint density at radius 1 is 0.964 bits per heavy atom. The molecule has 0 saturated heterocycles. The molecule has 0 unspecified atom stereocenters. The van der Waals surface area contributed by atoms with Crippen LogP contribution >= 0.6 is 0 Å². The lowest BCUT2D eigenvalue weighted by Gasteiger charge is -2.10. The van der Waals surface area contributed by atoms with Crippen molar-refractivity contribution in [2.75, 3.05) is 21.3 Å². The normalized spacial score (nSPS) is 10.4. The number of amides is 1. The highest BCUT2D eigenvalue weighted by atomic mass is 16.5. The van der Waals surface area contributed by atoms with E-state index in [1.807, 2.05) is 49.4 Å². The van der Waals surface area contributed by atoms with Gasteiger partial charge in [0.2, 0.25) is 0 Å². The van der Waals surface area contributed by atoms with Crippen molar-refractivity contribution in [1.82, 2.24) is 15.1 Å². The van der Waals surface area contributed by atoms with E-state index in [1.165, 1.54) is 0 Å². The number of rotatable bonds is 7. The summed E-state index contributed by atoms with van der Waals surface area (Å²) in [6, 6.07) is 14.8. The number of methoxy groups -OCH3 is 3. The van der Waals surface area contributed by atoms with E-state index in [0.29, 0.717) is 23.7 Å². The summed E-state index contributed by atoms with van der Waals surface area (Å²) in [6.45, 7) is 2.26. The number of carbonyl (C=O) groups is 1. The Bertz CT molecular complexity index is 964. The van der Waals surface area contributed by atoms with Gasteiger partial charge in [-0.2, -0.15) is 5.10 Å². The molecule has 0 aliphatic rings. The zero-order chi connectivity index (χ0) is 20.1. The molecular formula is C21H23N3O4. The SMILES string of the molecule is COc1ccc(-n2nc(C(=O)NCc3ccc(OC)c(OC)c3)cc2C)cc1. The number of hydrogen-bond donors (Lipinski definition) is 1. The summed E-state index contributed by atoms with van der Waals surface area (Å²) in [4.78, 5) is 12.5. The summed E-state index contributed by atoms with van der Waals surface area (Å²) in [6.07, 6.45) is 0. The molecule has 1 aromatic heterocycles. The van der Waals surface area contributed by atoms with E-state index < -0.39 is 0 Å². The van der Waals surface area contributed by atoms with Crippen LogP contribution < -0.4 is 19.5 Å². The van der Waals surface area contributed by atoms with E-state index in [0.717, 1.165) is 22.7 Å². The second-order valence-electron chi connectivity index (χ2n) is 6.15. The molecule has 3 rings (SSSR count). The lowest BCUT2D eigenvalue weighted by Crippen LogP contribution is -2.23. The molecule has 0 aliphatic carbocycles. The average molecular weight is 381 g/mol. The summed E-state index contributed by atoms with van der Waals surface area (Å²) < 4.78 is 17.4. The summed E-state index contributed by atoms with van der Waals surface area (Å²) in [5, 5.41) is 7.31. The molecule has 0 aliphatic heterocycles. The fourth-order valence-electron chi connectivity index (χ4n) is 2.83. The fourth-order valence-corrected chi connectivity index (χ4v) is 2.83. The van der Waals surface area contributed by atoms with Gasteiger partial charge in [0.05, 0.1) is 27.0 Å². The molecule has 0 bridgehead atoms.